The first-order valence-electron chi connectivity index (χ1n) is 5.72. The predicted octanol–water partition coefficient (Wildman–Crippen LogP) is 5.76. The Kier molecular flexibility index (Phi) is 3.48. The van der Waals surface area contributed by atoms with Crippen LogP contribution in [0, 0.1) is 6.92 Å². The van der Waals surface area contributed by atoms with E-state index in [9.17, 15) is 0 Å². The van der Waals surface area contributed by atoms with Gasteiger partial charge in [0.2, 0.25) is 0 Å². The number of halogens is 2. The molecule has 19 heavy (non-hydrogen) atoms. The Morgan fingerprint density at radius 2 is 2.00 bits per heavy atom. The molecule has 2 nitrogen and oxygen atoms in total. The van der Waals surface area contributed by atoms with Crippen LogP contribution in [0.2, 0.25) is 5.02 Å². The third-order valence-electron chi connectivity index (χ3n) is 2.81. The van der Waals surface area contributed by atoms with Gasteiger partial charge >= 0.3 is 0 Å². The van der Waals surface area contributed by atoms with Gasteiger partial charge in [0, 0.05) is 0 Å². The molecule has 2 aromatic carbocycles. The number of hydrogen-bond acceptors (Lipinski definition) is 3. The number of nitrogens with one attached hydrogen (secondary N) is 1. The number of aromatic nitrogens is 1. The van der Waals surface area contributed by atoms with Gasteiger partial charge < -0.3 is 5.32 Å². The van der Waals surface area contributed by atoms with E-state index >= 15 is 0 Å². The summed E-state index contributed by atoms with van der Waals surface area (Å²) >= 11 is 11.2. The molecule has 1 heterocycles. The minimum atomic E-state index is 0.683. The summed E-state index contributed by atoms with van der Waals surface area (Å²) in [5.41, 5.74) is 3.16. The van der Waals surface area contributed by atoms with Crippen molar-refractivity contribution in [2.75, 3.05) is 5.32 Å². The van der Waals surface area contributed by atoms with Crippen molar-refractivity contribution < 1.29 is 0 Å². The molecule has 0 aliphatic heterocycles. The van der Waals surface area contributed by atoms with Gasteiger partial charge in [-0.3, -0.25) is 0 Å². The number of anilines is 2. The molecule has 0 amide bonds. The topological polar surface area (TPSA) is 24.9 Å². The second-order valence-corrected chi connectivity index (χ2v) is 6.40. The highest BCUT2D eigenvalue weighted by molar-refractivity contribution is 9.10. The van der Waals surface area contributed by atoms with Crippen LogP contribution in [-0.2, 0) is 0 Å². The minimum Gasteiger partial charge on any atom is -0.331 e. The minimum absolute atomic E-state index is 0.683. The Morgan fingerprint density at radius 1 is 1.21 bits per heavy atom. The van der Waals surface area contributed by atoms with Crippen molar-refractivity contribution in [3.05, 3.63) is 51.5 Å². The maximum absolute atomic E-state index is 6.08. The van der Waals surface area contributed by atoms with E-state index in [4.69, 9.17) is 11.6 Å². The Labute approximate surface area is 128 Å². The lowest BCUT2D eigenvalue weighted by atomic mass is 10.2. The third kappa shape index (κ3) is 2.48. The Balaban J connectivity index is 2.02. The molecule has 0 aliphatic rings. The highest BCUT2D eigenvalue weighted by Crippen LogP contribution is 2.35. The zero-order valence-electron chi connectivity index (χ0n) is 10.1. The van der Waals surface area contributed by atoms with Gasteiger partial charge in [-0.05, 0) is 46.6 Å². The zero-order valence-corrected chi connectivity index (χ0v) is 13.2. The monoisotopic (exact) mass is 352 g/mol. The highest BCUT2D eigenvalue weighted by atomic mass is 79.9. The molecule has 0 atom stereocenters. The number of hydrogen-bond donors (Lipinski definition) is 1. The summed E-state index contributed by atoms with van der Waals surface area (Å²) in [6, 6.07) is 11.9. The van der Waals surface area contributed by atoms with E-state index in [-0.39, 0.29) is 0 Å². The van der Waals surface area contributed by atoms with Crippen molar-refractivity contribution in [3.63, 3.8) is 0 Å². The average molecular weight is 354 g/mol. The first-order valence-corrected chi connectivity index (χ1v) is 7.71. The Bertz CT molecular complexity index is 754. The van der Waals surface area contributed by atoms with Crippen molar-refractivity contribution in [1.29, 1.82) is 0 Å². The summed E-state index contributed by atoms with van der Waals surface area (Å²) in [6.07, 6.45) is 0. The van der Waals surface area contributed by atoms with Gasteiger partial charge in [-0.15, -0.1) is 0 Å². The molecule has 1 aromatic heterocycles. The molecule has 0 saturated carbocycles. The molecule has 0 spiro atoms. The van der Waals surface area contributed by atoms with Crippen molar-refractivity contribution in [3.8, 4) is 0 Å². The van der Waals surface area contributed by atoms with Crippen LogP contribution in [0.3, 0.4) is 0 Å². The highest BCUT2D eigenvalue weighted by Gasteiger charge is 2.08. The molecule has 1 N–H and O–H groups in total. The Hall–Kier alpha value is -1.10. The molecule has 3 rings (SSSR count). The first kappa shape index (κ1) is 12.9. The fourth-order valence-corrected chi connectivity index (χ4v) is 3.35. The van der Waals surface area contributed by atoms with Crippen molar-refractivity contribution in [2.45, 2.75) is 6.92 Å². The SMILES string of the molecule is Cc1cccc2sc(Nc3cccc(Cl)c3Br)nc12. The van der Waals surface area contributed by atoms with E-state index in [2.05, 4.69) is 51.4 Å². The van der Waals surface area contributed by atoms with Crippen molar-refractivity contribution in [2.24, 2.45) is 0 Å². The van der Waals surface area contributed by atoms with Crippen LogP contribution in [0.5, 0.6) is 0 Å². The summed E-state index contributed by atoms with van der Waals surface area (Å²) < 4.78 is 2.04. The van der Waals surface area contributed by atoms with Crippen molar-refractivity contribution >= 4 is 59.9 Å². The van der Waals surface area contributed by atoms with Crippen molar-refractivity contribution in [1.82, 2.24) is 4.98 Å². The lowest BCUT2D eigenvalue weighted by Crippen LogP contribution is -1.90. The number of benzene rings is 2. The van der Waals surface area contributed by atoms with Crippen LogP contribution in [0.4, 0.5) is 10.8 Å². The van der Waals surface area contributed by atoms with Crippen LogP contribution in [0.15, 0.2) is 40.9 Å². The van der Waals surface area contributed by atoms with Crippen LogP contribution >= 0.6 is 38.9 Å². The van der Waals surface area contributed by atoms with Crippen LogP contribution < -0.4 is 5.32 Å². The summed E-state index contributed by atoms with van der Waals surface area (Å²) in [5.74, 6) is 0. The normalized spacial score (nSPS) is 10.9. The number of fused-ring (bicyclic) bond motifs is 1. The Morgan fingerprint density at radius 3 is 2.79 bits per heavy atom. The summed E-state index contributed by atoms with van der Waals surface area (Å²) in [4.78, 5) is 4.62. The second kappa shape index (κ2) is 5.12. The number of aryl methyl sites for hydroxylation is 1. The quantitative estimate of drug-likeness (QED) is 0.633. The fourth-order valence-electron chi connectivity index (χ4n) is 1.86. The molecule has 0 bridgehead atoms. The van der Waals surface area contributed by atoms with Gasteiger partial charge in [0.25, 0.3) is 0 Å². The summed E-state index contributed by atoms with van der Waals surface area (Å²) in [6.45, 7) is 2.07. The molecule has 0 fully saturated rings. The lowest BCUT2D eigenvalue weighted by Gasteiger charge is -2.06. The third-order valence-corrected chi connectivity index (χ3v) is 5.15. The zero-order chi connectivity index (χ0) is 13.4. The number of rotatable bonds is 2. The molecule has 5 heteroatoms. The number of para-hydroxylation sites is 1. The van der Waals surface area contributed by atoms with E-state index in [1.165, 1.54) is 10.3 Å². The van der Waals surface area contributed by atoms with Gasteiger partial charge in [-0.1, -0.05) is 41.1 Å². The molecular formula is C14H10BrClN2S. The van der Waals surface area contributed by atoms with Crippen LogP contribution in [0.1, 0.15) is 5.56 Å². The molecule has 0 aliphatic carbocycles. The number of nitrogens with zero attached hydrogens (tertiary/aromatic N) is 1. The van der Waals surface area contributed by atoms with E-state index in [0.29, 0.717) is 5.02 Å². The maximum atomic E-state index is 6.08. The lowest BCUT2D eigenvalue weighted by molar-refractivity contribution is 1.40. The van der Waals surface area contributed by atoms with E-state index in [1.807, 2.05) is 18.2 Å². The molecule has 0 radical (unpaired) electrons. The second-order valence-electron chi connectivity index (χ2n) is 4.17. The first-order chi connectivity index (χ1) is 9.15. The number of thiazole rings is 1. The summed E-state index contributed by atoms with van der Waals surface area (Å²) in [5, 5.41) is 4.86. The molecule has 0 saturated heterocycles. The average Bonchev–Trinajstić information content (AvgIpc) is 2.79. The standard InChI is InChI=1S/C14H10BrClN2S/c1-8-4-2-7-11-13(8)18-14(19-11)17-10-6-3-5-9(16)12(10)15/h2-7H,1H3,(H,17,18). The van der Waals surface area contributed by atoms with E-state index < -0.39 is 0 Å². The van der Waals surface area contributed by atoms with Crippen LogP contribution in [0.25, 0.3) is 10.2 Å². The molecule has 96 valence electrons. The smallest absolute Gasteiger partial charge is 0.188 e. The molecule has 3 aromatic rings. The van der Waals surface area contributed by atoms with Crippen LogP contribution in [-0.4, -0.2) is 4.98 Å². The maximum Gasteiger partial charge on any atom is 0.188 e. The molecular weight excluding hydrogens is 344 g/mol. The van der Waals surface area contributed by atoms with Gasteiger partial charge in [0.1, 0.15) is 0 Å². The van der Waals surface area contributed by atoms with Gasteiger partial charge in [0.15, 0.2) is 5.13 Å². The molecule has 0 unspecified atom stereocenters. The van der Waals surface area contributed by atoms with E-state index in [0.717, 1.165) is 20.8 Å². The van der Waals surface area contributed by atoms with Gasteiger partial charge in [-0.2, -0.15) is 0 Å². The van der Waals surface area contributed by atoms with Gasteiger partial charge in [-0.25, -0.2) is 4.98 Å². The predicted molar refractivity (Wildman–Crippen MR) is 86.8 cm³/mol. The largest absolute Gasteiger partial charge is 0.331 e. The fraction of sp³-hybridized carbons (Fsp3) is 0.0714. The summed E-state index contributed by atoms with van der Waals surface area (Å²) in [7, 11) is 0. The van der Waals surface area contributed by atoms with E-state index in [1.54, 1.807) is 11.3 Å². The van der Waals surface area contributed by atoms with Gasteiger partial charge in [0.05, 0.1) is 25.4 Å².